The summed E-state index contributed by atoms with van der Waals surface area (Å²) in [5, 5.41) is 6.45. The maximum Gasteiger partial charge on any atom is 0.195 e. The number of hydrogen-bond donors (Lipinski definition) is 0. The van der Waals surface area contributed by atoms with Crippen LogP contribution in [-0.2, 0) is 4.79 Å². The predicted octanol–water partition coefficient (Wildman–Crippen LogP) is 4.99. The van der Waals surface area contributed by atoms with Crippen LogP contribution in [0.15, 0.2) is 97.1 Å². The van der Waals surface area contributed by atoms with Gasteiger partial charge in [0.2, 0.25) is 0 Å². The van der Waals surface area contributed by atoms with Crippen molar-refractivity contribution >= 4 is 38.5 Å². The van der Waals surface area contributed by atoms with Gasteiger partial charge in [0.1, 0.15) is 11.5 Å². The lowest BCUT2D eigenvalue weighted by Crippen LogP contribution is -2.27. The van der Waals surface area contributed by atoms with Crippen molar-refractivity contribution in [3.63, 3.8) is 0 Å². The van der Waals surface area contributed by atoms with Crippen LogP contribution in [0.25, 0.3) is 32.7 Å². The van der Waals surface area contributed by atoms with Crippen LogP contribution in [-0.4, -0.2) is 20.0 Å². The quantitative estimate of drug-likeness (QED) is 0.368. The Kier molecular flexibility index (Phi) is 4.70. The monoisotopic (exact) mass is 442 g/mol. The second-order valence-electron chi connectivity index (χ2n) is 8.38. The molecule has 5 aromatic rings. The SMILES string of the molecule is COc1ccc(C2=c3c(c4ccccc4c4ccccc34)=C(c3ccc(OC)cc3)C2=O)cc1. The Hall–Kier alpha value is -4.37. The number of Topliss-reactive ketones (excluding diaryl/α,β-unsaturated/α-hetero) is 1. The number of carbonyl (C=O) groups excluding carboxylic acids is 1. The molecule has 0 saturated carbocycles. The number of ketones is 1. The minimum atomic E-state index is 0.0341. The van der Waals surface area contributed by atoms with Crippen LogP contribution in [0.1, 0.15) is 11.1 Å². The van der Waals surface area contributed by atoms with Gasteiger partial charge in [-0.1, -0.05) is 72.8 Å². The summed E-state index contributed by atoms with van der Waals surface area (Å²) in [6.07, 6.45) is 0. The fraction of sp³-hybridized carbons (Fsp3) is 0.0645. The smallest absolute Gasteiger partial charge is 0.195 e. The number of ether oxygens (including phenoxy) is 2. The molecule has 0 fully saturated rings. The van der Waals surface area contributed by atoms with E-state index in [2.05, 4.69) is 36.4 Å². The molecule has 3 nitrogen and oxygen atoms in total. The molecule has 0 spiro atoms. The largest absolute Gasteiger partial charge is 0.497 e. The topological polar surface area (TPSA) is 35.5 Å². The van der Waals surface area contributed by atoms with E-state index < -0.39 is 0 Å². The second-order valence-corrected chi connectivity index (χ2v) is 8.38. The summed E-state index contributed by atoms with van der Waals surface area (Å²) in [6.45, 7) is 0. The van der Waals surface area contributed by atoms with E-state index in [4.69, 9.17) is 9.47 Å². The lowest BCUT2D eigenvalue weighted by atomic mass is 9.95. The zero-order valence-corrected chi connectivity index (χ0v) is 19.0. The van der Waals surface area contributed by atoms with Gasteiger partial charge in [-0.25, -0.2) is 0 Å². The summed E-state index contributed by atoms with van der Waals surface area (Å²) in [4.78, 5) is 14.2. The average molecular weight is 443 g/mol. The molecule has 0 N–H and O–H groups in total. The maximum atomic E-state index is 14.2. The third kappa shape index (κ3) is 2.94. The Labute approximate surface area is 197 Å². The standard InChI is InChI=1S/C31H22O3/c1-33-21-15-11-19(12-16-21)27-29-25-9-5-3-7-23(25)24-8-4-6-10-26(24)30(29)28(31(27)32)20-13-17-22(34-2)18-14-20/h3-18H,1-2H3. The molecule has 164 valence electrons. The van der Waals surface area contributed by atoms with Gasteiger partial charge in [-0.15, -0.1) is 0 Å². The minimum absolute atomic E-state index is 0.0341. The second kappa shape index (κ2) is 7.89. The molecule has 5 aromatic carbocycles. The van der Waals surface area contributed by atoms with E-state index in [-0.39, 0.29) is 5.78 Å². The molecular weight excluding hydrogens is 420 g/mol. The average Bonchev–Trinajstić information content (AvgIpc) is 3.22. The van der Waals surface area contributed by atoms with Gasteiger partial charge < -0.3 is 9.47 Å². The third-order valence-electron chi connectivity index (χ3n) is 6.64. The zero-order chi connectivity index (χ0) is 23.2. The van der Waals surface area contributed by atoms with Gasteiger partial charge >= 0.3 is 0 Å². The van der Waals surface area contributed by atoms with E-state index >= 15 is 0 Å². The van der Waals surface area contributed by atoms with Gasteiger partial charge in [-0.2, -0.15) is 0 Å². The number of hydrogen-bond acceptors (Lipinski definition) is 3. The van der Waals surface area contributed by atoms with Gasteiger partial charge in [0, 0.05) is 21.6 Å². The van der Waals surface area contributed by atoms with Crippen molar-refractivity contribution in [1.82, 2.24) is 0 Å². The molecule has 0 saturated heterocycles. The normalized spacial score (nSPS) is 12.9. The van der Waals surface area contributed by atoms with E-state index in [1.165, 1.54) is 0 Å². The molecule has 0 heterocycles. The Bertz CT molecular complexity index is 1580. The van der Waals surface area contributed by atoms with Crippen LogP contribution in [0.2, 0.25) is 0 Å². The fourth-order valence-corrected chi connectivity index (χ4v) is 5.08. The van der Waals surface area contributed by atoms with Gasteiger partial charge in [-0.05, 0) is 56.9 Å². The molecule has 1 aliphatic carbocycles. The summed E-state index contributed by atoms with van der Waals surface area (Å²) in [7, 11) is 3.29. The first-order valence-electron chi connectivity index (χ1n) is 11.2. The van der Waals surface area contributed by atoms with Crippen LogP contribution in [0.4, 0.5) is 0 Å². The van der Waals surface area contributed by atoms with E-state index in [9.17, 15) is 4.79 Å². The molecular formula is C31H22O3. The Balaban J connectivity index is 1.84. The number of fused-ring (bicyclic) bond motifs is 6. The van der Waals surface area contributed by atoms with Gasteiger partial charge in [0.05, 0.1) is 14.2 Å². The van der Waals surface area contributed by atoms with Crippen molar-refractivity contribution in [1.29, 1.82) is 0 Å². The first kappa shape index (κ1) is 20.3. The Morgan fingerprint density at radius 2 is 0.824 bits per heavy atom. The zero-order valence-electron chi connectivity index (χ0n) is 19.0. The van der Waals surface area contributed by atoms with Gasteiger partial charge in [-0.3, -0.25) is 4.79 Å². The summed E-state index contributed by atoms with van der Waals surface area (Å²) >= 11 is 0. The highest BCUT2D eigenvalue weighted by Crippen LogP contribution is 2.30. The third-order valence-corrected chi connectivity index (χ3v) is 6.64. The van der Waals surface area contributed by atoms with Gasteiger partial charge in [0.25, 0.3) is 0 Å². The lowest BCUT2D eigenvalue weighted by molar-refractivity contribution is -0.108. The summed E-state index contributed by atoms with van der Waals surface area (Å²) < 4.78 is 10.7. The Morgan fingerprint density at radius 1 is 0.471 bits per heavy atom. The molecule has 0 bridgehead atoms. The summed E-state index contributed by atoms with van der Waals surface area (Å²) in [5.41, 5.74) is 3.22. The maximum absolute atomic E-state index is 14.2. The molecule has 0 unspecified atom stereocenters. The van der Waals surface area contributed by atoms with E-state index in [1.807, 2.05) is 60.7 Å². The number of benzene rings is 5. The van der Waals surface area contributed by atoms with Crippen molar-refractivity contribution in [2.75, 3.05) is 14.2 Å². The lowest BCUT2D eigenvalue weighted by Gasteiger charge is -2.08. The molecule has 0 radical (unpaired) electrons. The summed E-state index contributed by atoms with van der Waals surface area (Å²) in [5.74, 6) is 1.56. The molecule has 6 rings (SSSR count). The van der Waals surface area contributed by atoms with Crippen molar-refractivity contribution in [2.45, 2.75) is 0 Å². The molecule has 34 heavy (non-hydrogen) atoms. The molecule has 0 aromatic heterocycles. The summed E-state index contributed by atoms with van der Waals surface area (Å²) in [6, 6.07) is 32.2. The van der Waals surface area contributed by atoms with Gasteiger partial charge in [0.15, 0.2) is 5.78 Å². The highest BCUT2D eigenvalue weighted by Gasteiger charge is 2.28. The molecule has 1 aliphatic rings. The number of carbonyl (C=O) groups is 1. The highest BCUT2D eigenvalue weighted by atomic mass is 16.5. The predicted molar refractivity (Wildman–Crippen MR) is 137 cm³/mol. The van der Waals surface area contributed by atoms with Crippen molar-refractivity contribution < 1.29 is 14.3 Å². The van der Waals surface area contributed by atoms with E-state index in [1.54, 1.807) is 14.2 Å². The molecule has 3 heteroatoms. The molecule has 0 amide bonds. The molecule has 0 atom stereocenters. The number of methoxy groups -OCH3 is 2. The Morgan fingerprint density at radius 3 is 1.18 bits per heavy atom. The van der Waals surface area contributed by atoms with Crippen LogP contribution in [0, 0.1) is 0 Å². The minimum Gasteiger partial charge on any atom is -0.497 e. The van der Waals surface area contributed by atoms with Crippen LogP contribution >= 0.6 is 0 Å². The van der Waals surface area contributed by atoms with E-state index in [0.717, 1.165) is 65.8 Å². The number of rotatable bonds is 4. The highest BCUT2D eigenvalue weighted by molar-refractivity contribution is 6.45. The fourth-order valence-electron chi connectivity index (χ4n) is 5.08. The first-order valence-corrected chi connectivity index (χ1v) is 11.2. The first-order chi connectivity index (χ1) is 16.7. The van der Waals surface area contributed by atoms with E-state index in [0.29, 0.717) is 0 Å². The van der Waals surface area contributed by atoms with Crippen molar-refractivity contribution in [3.05, 3.63) is 119 Å². The van der Waals surface area contributed by atoms with Crippen molar-refractivity contribution in [2.24, 2.45) is 0 Å². The van der Waals surface area contributed by atoms with Crippen molar-refractivity contribution in [3.8, 4) is 11.5 Å². The van der Waals surface area contributed by atoms with Crippen LogP contribution in [0.3, 0.4) is 0 Å². The molecule has 0 aliphatic heterocycles. The van der Waals surface area contributed by atoms with Crippen LogP contribution < -0.4 is 19.9 Å². The van der Waals surface area contributed by atoms with Crippen LogP contribution in [0.5, 0.6) is 11.5 Å².